The highest BCUT2D eigenvalue weighted by Crippen LogP contribution is 2.48. The fraction of sp³-hybridized carbons (Fsp3) is 0.421. The van der Waals surface area contributed by atoms with Crippen molar-refractivity contribution >= 4 is 5.78 Å². The molecule has 6 nitrogen and oxygen atoms in total. The van der Waals surface area contributed by atoms with E-state index in [0.29, 0.717) is 23.4 Å². The summed E-state index contributed by atoms with van der Waals surface area (Å²) in [5, 5.41) is 13.4. The molecule has 1 aromatic rings. The minimum atomic E-state index is -0.450. The van der Waals surface area contributed by atoms with E-state index in [1.165, 1.54) is 0 Å². The van der Waals surface area contributed by atoms with Gasteiger partial charge in [0.1, 0.15) is 5.82 Å². The third kappa shape index (κ3) is 2.81. The first-order valence-corrected chi connectivity index (χ1v) is 8.30. The van der Waals surface area contributed by atoms with E-state index < -0.39 is 5.92 Å². The van der Waals surface area contributed by atoms with E-state index in [2.05, 4.69) is 24.9 Å². The van der Waals surface area contributed by atoms with Crippen molar-refractivity contribution in [3.63, 3.8) is 0 Å². The summed E-state index contributed by atoms with van der Waals surface area (Å²) in [4.78, 5) is 17.2. The van der Waals surface area contributed by atoms with Crippen LogP contribution >= 0.6 is 0 Å². The predicted octanol–water partition coefficient (Wildman–Crippen LogP) is 2.29. The van der Waals surface area contributed by atoms with Crippen molar-refractivity contribution in [1.82, 2.24) is 15.0 Å². The van der Waals surface area contributed by atoms with E-state index in [4.69, 9.17) is 5.73 Å². The van der Waals surface area contributed by atoms with Crippen LogP contribution in [0.15, 0.2) is 47.2 Å². The van der Waals surface area contributed by atoms with Crippen molar-refractivity contribution in [2.45, 2.75) is 32.6 Å². The topological polar surface area (TPSA) is 86.2 Å². The number of Topliss-reactive ketones (excluding diaryl/α,β-unsaturated/α-hetero) is 1. The third-order valence-electron chi connectivity index (χ3n) is 4.77. The second-order valence-corrected chi connectivity index (χ2v) is 7.59. The van der Waals surface area contributed by atoms with Crippen LogP contribution in [-0.4, -0.2) is 34.9 Å². The van der Waals surface area contributed by atoms with Crippen LogP contribution in [-0.2, 0) is 4.79 Å². The number of aromatic nitrogens is 1. The maximum absolute atomic E-state index is 13.1. The Bertz CT molecular complexity index is 814. The number of hydrogen-bond acceptors (Lipinski definition) is 6. The van der Waals surface area contributed by atoms with Gasteiger partial charge in [-0.25, -0.2) is 5.01 Å². The van der Waals surface area contributed by atoms with Gasteiger partial charge in [0.25, 0.3) is 0 Å². The molecule has 0 saturated carbocycles. The minimum absolute atomic E-state index is 0.0761. The monoisotopic (exact) mass is 337 g/mol. The molecule has 2 heterocycles. The van der Waals surface area contributed by atoms with Gasteiger partial charge in [0, 0.05) is 44.2 Å². The van der Waals surface area contributed by atoms with Gasteiger partial charge >= 0.3 is 0 Å². The highest BCUT2D eigenvalue weighted by atomic mass is 16.1. The highest BCUT2D eigenvalue weighted by Gasteiger charge is 2.44. The van der Waals surface area contributed by atoms with E-state index in [1.54, 1.807) is 17.4 Å². The Labute approximate surface area is 148 Å². The van der Waals surface area contributed by atoms with Gasteiger partial charge in [0.05, 0.1) is 17.6 Å². The number of hydrazine groups is 1. The number of nitriles is 1. The molecule has 0 radical (unpaired) electrons. The number of nitrogens with two attached hydrogens (primary N) is 1. The molecule has 0 spiro atoms. The van der Waals surface area contributed by atoms with Crippen molar-refractivity contribution in [3.8, 4) is 6.07 Å². The van der Waals surface area contributed by atoms with Gasteiger partial charge in [-0.3, -0.25) is 14.8 Å². The molecule has 1 aliphatic heterocycles. The number of rotatable bonds is 2. The zero-order chi connectivity index (χ0) is 18.4. The molecule has 3 rings (SSSR count). The summed E-state index contributed by atoms with van der Waals surface area (Å²) >= 11 is 0. The molecule has 1 aliphatic carbocycles. The maximum Gasteiger partial charge on any atom is 0.162 e. The summed E-state index contributed by atoms with van der Waals surface area (Å²) in [6, 6.07) is 5.94. The molecule has 25 heavy (non-hydrogen) atoms. The first-order chi connectivity index (χ1) is 11.8. The molecule has 6 heteroatoms. The van der Waals surface area contributed by atoms with Gasteiger partial charge < -0.3 is 5.73 Å². The van der Waals surface area contributed by atoms with Crippen molar-refractivity contribution < 1.29 is 4.79 Å². The molecule has 0 bridgehead atoms. The zero-order valence-electron chi connectivity index (χ0n) is 15.1. The molecule has 1 unspecified atom stereocenters. The van der Waals surface area contributed by atoms with Crippen LogP contribution in [0.5, 0.6) is 0 Å². The van der Waals surface area contributed by atoms with Crippen LogP contribution in [0.3, 0.4) is 0 Å². The van der Waals surface area contributed by atoms with Gasteiger partial charge in [0.2, 0.25) is 0 Å². The highest BCUT2D eigenvalue weighted by molar-refractivity contribution is 6.00. The smallest absolute Gasteiger partial charge is 0.162 e. The number of nitrogens with zero attached hydrogens (tertiary/aromatic N) is 4. The quantitative estimate of drug-likeness (QED) is 0.891. The second kappa shape index (κ2) is 6.01. The normalized spacial score (nSPS) is 23.0. The van der Waals surface area contributed by atoms with E-state index >= 15 is 0 Å². The van der Waals surface area contributed by atoms with E-state index in [1.807, 2.05) is 31.2 Å². The van der Waals surface area contributed by atoms with Crippen LogP contribution in [0, 0.1) is 16.7 Å². The molecular weight excluding hydrogens is 314 g/mol. The Morgan fingerprint density at radius 2 is 2.12 bits per heavy atom. The third-order valence-corrected chi connectivity index (χ3v) is 4.77. The lowest BCUT2D eigenvalue weighted by Gasteiger charge is -2.45. The van der Waals surface area contributed by atoms with Crippen LogP contribution in [0.4, 0.5) is 0 Å². The number of ketones is 1. The lowest BCUT2D eigenvalue weighted by atomic mass is 9.69. The van der Waals surface area contributed by atoms with Gasteiger partial charge in [-0.2, -0.15) is 5.26 Å². The first-order valence-electron chi connectivity index (χ1n) is 8.30. The van der Waals surface area contributed by atoms with Gasteiger partial charge in [-0.15, -0.1) is 0 Å². The minimum Gasteiger partial charge on any atom is -0.383 e. The van der Waals surface area contributed by atoms with E-state index in [0.717, 1.165) is 17.7 Å². The average molecular weight is 337 g/mol. The number of hydrogen-bond donors (Lipinski definition) is 1. The largest absolute Gasteiger partial charge is 0.383 e. The number of allylic oxidation sites excluding steroid dienone is 3. The summed E-state index contributed by atoms with van der Waals surface area (Å²) in [5.41, 5.74) is 9.01. The van der Waals surface area contributed by atoms with Gasteiger partial charge in [-0.05, 0) is 23.5 Å². The Morgan fingerprint density at radius 3 is 2.68 bits per heavy atom. The SMILES string of the molecule is CN(C)N1C(N)=C(C#N)C(c2cccnc2)C2=C1CC(C)(C)CC2=O. The van der Waals surface area contributed by atoms with Gasteiger partial charge in [-0.1, -0.05) is 19.9 Å². The summed E-state index contributed by atoms with van der Waals surface area (Å²) in [6.45, 7) is 4.17. The zero-order valence-corrected chi connectivity index (χ0v) is 15.1. The fourth-order valence-corrected chi connectivity index (χ4v) is 3.83. The van der Waals surface area contributed by atoms with Crippen LogP contribution in [0.2, 0.25) is 0 Å². The fourth-order valence-electron chi connectivity index (χ4n) is 3.83. The molecule has 1 atom stereocenters. The summed E-state index contributed by atoms with van der Waals surface area (Å²) in [7, 11) is 3.73. The van der Waals surface area contributed by atoms with Crippen molar-refractivity contribution in [2.24, 2.45) is 11.1 Å². The summed E-state index contributed by atoms with van der Waals surface area (Å²) in [5.74, 6) is 0.00584. The van der Waals surface area contributed by atoms with Crippen LogP contribution in [0.1, 0.15) is 38.2 Å². The van der Waals surface area contributed by atoms with E-state index in [9.17, 15) is 10.1 Å². The molecule has 0 fully saturated rings. The number of pyridine rings is 1. The summed E-state index contributed by atoms with van der Waals surface area (Å²) < 4.78 is 0. The number of carbonyl (C=O) groups excluding carboxylic acids is 1. The summed E-state index contributed by atoms with van der Waals surface area (Å²) in [6.07, 6.45) is 4.57. The Hall–Kier alpha value is -2.65. The molecular formula is C19H23N5O. The number of carbonyl (C=O) groups is 1. The van der Waals surface area contributed by atoms with Crippen molar-refractivity contribution in [2.75, 3.05) is 14.1 Å². The Balaban J connectivity index is 2.28. The molecule has 0 aromatic carbocycles. The van der Waals surface area contributed by atoms with Crippen molar-refractivity contribution in [1.29, 1.82) is 5.26 Å². The molecule has 1 aromatic heterocycles. The predicted molar refractivity (Wildman–Crippen MR) is 94.4 cm³/mol. The second-order valence-electron chi connectivity index (χ2n) is 7.59. The molecule has 2 aliphatic rings. The Kier molecular flexibility index (Phi) is 4.13. The molecule has 2 N–H and O–H groups in total. The lowest BCUT2D eigenvalue weighted by molar-refractivity contribution is -0.119. The van der Waals surface area contributed by atoms with Gasteiger partial charge in [0.15, 0.2) is 5.78 Å². The standard InChI is InChI=1S/C19H23N5O/c1-19(2)8-14-17(15(25)9-19)16(12-6-5-7-22-11-12)13(10-20)18(21)24(14)23(3)4/h5-7,11,16H,8-9,21H2,1-4H3. The van der Waals surface area contributed by atoms with Crippen LogP contribution in [0.25, 0.3) is 0 Å². The molecule has 0 saturated heterocycles. The van der Waals surface area contributed by atoms with Crippen molar-refractivity contribution in [3.05, 3.63) is 52.8 Å². The van der Waals surface area contributed by atoms with Crippen LogP contribution < -0.4 is 5.73 Å². The van der Waals surface area contributed by atoms with E-state index in [-0.39, 0.29) is 11.2 Å². The Morgan fingerprint density at radius 1 is 1.40 bits per heavy atom. The maximum atomic E-state index is 13.1. The molecule has 0 amide bonds. The first kappa shape index (κ1) is 17.2. The molecule has 130 valence electrons. The average Bonchev–Trinajstić information content (AvgIpc) is 2.53. The lowest BCUT2D eigenvalue weighted by Crippen LogP contribution is -2.47.